The third-order valence-corrected chi connectivity index (χ3v) is 7.58. The van der Waals surface area contributed by atoms with E-state index in [1.165, 1.54) is 0 Å². The molecule has 0 fully saturated rings. The van der Waals surface area contributed by atoms with E-state index in [1.54, 1.807) is 52.1 Å². The highest BCUT2D eigenvalue weighted by Crippen LogP contribution is 2.34. The molecule has 0 saturated carbocycles. The first-order valence-electron chi connectivity index (χ1n) is 12.4. The largest absolute Gasteiger partial charge is 0.490 e. The molecule has 1 N–H and O–H groups in total. The molecule has 2 aromatic carbocycles. The fourth-order valence-corrected chi connectivity index (χ4v) is 5.39. The zero-order chi connectivity index (χ0) is 28.2. The van der Waals surface area contributed by atoms with Crippen LogP contribution in [-0.2, 0) is 28.0 Å². The third kappa shape index (κ3) is 6.21. The summed E-state index contributed by atoms with van der Waals surface area (Å²) in [6.45, 7) is 10.0. The van der Waals surface area contributed by atoms with Gasteiger partial charge in [-0.05, 0) is 63.4 Å². The van der Waals surface area contributed by atoms with Crippen LogP contribution >= 0.6 is 0 Å². The zero-order valence-corrected chi connectivity index (χ0v) is 23.7. The number of benzene rings is 2. The van der Waals surface area contributed by atoms with E-state index >= 15 is 0 Å². The van der Waals surface area contributed by atoms with Gasteiger partial charge in [0.25, 0.3) is 15.9 Å². The minimum absolute atomic E-state index is 0.114. The van der Waals surface area contributed by atoms with Crippen molar-refractivity contribution < 1.29 is 27.2 Å². The molecule has 11 heteroatoms. The maximum atomic E-state index is 13.5. The van der Waals surface area contributed by atoms with E-state index in [0.29, 0.717) is 46.6 Å². The Labute approximate surface area is 228 Å². The van der Waals surface area contributed by atoms with E-state index in [2.05, 4.69) is 19.8 Å². The van der Waals surface area contributed by atoms with Crippen LogP contribution in [0, 0.1) is 27.7 Å². The third-order valence-electron chi connectivity index (χ3n) is 6.18. The van der Waals surface area contributed by atoms with Crippen LogP contribution in [0.25, 0.3) is 11.1 Å². The first kappa shape index (κ1) is 28.1. The summed E-state index contributed by atoms with van der Waals surface area (Å²) >= 11 is 0. The second kappa shape index (κ2) is 11.8. The minimum Gasteiger partial charge on any atom is -0.490 e. The number of nitrogens with zero attached hydrogens (tertiary/aromatic N) is 3. The lowest BCUT2D eigenvalue weighted by molar-refractivity contribution is 0.134. The topological polar surface area (TPSA) is 126 Å². The van der Waals surface area contributed by atoms with Crippen molar-refractivity contribution in [1.82, 2.24) is 15.1 Å². The van der Waals surface area contributed by atoms with Gasteiger partial charge in [-0.3, -0.25) is 4.72 Å². The molecule has 0 aliphatic rings. The van der Waals surface area contributed by atoms with Crippen LogP contribution in [0.1, 0.15) is 40.9 Å². The molecule has 0 bridgehead atoms. The fourth-order valence-electron chi connectivity index (χ4n) is 4.11. The molecule has 0 saturated heterocycles. The second-order valence-corrected chi connectivity index (χ2v) is 10.6. The number of methoxy groups -OCH3 is 1. The van der Waals surface area contributed by atoms with Crippen LogP contribution in [-0.4, -0.2) is 37.3 Å². The van der Waals surface area contributed by atoms with Gasteiger partial charge in [0.1, 0.15) is 18.2 Å². The summed E-state index contributed by atoms with van der Waals surface area (Å²) in [6.07, 6.45) is 0. The van der Waals surface area contributed by atoms with Crippen molar-refractivity contribution in [2.75, 3.05) is 18.4 Å². The summed E-state index contributed by atoms with van der Waals surface area (Å²) in [6, 6.07) is 12.5. The van der Waals surface area contributed by atoms with Crippen LogP contribution in [0.15, 0.2) is 51.9 Å². The first-order valence-corrected chi connectivity index (χ1v) is 13.9. The van der Waals surface area contributed by atoms with Gasteiger partial charge in [-0.1, -0.05) is 35.5 Å². The highest BCUT2D eigenvalue weighted by atomic mass is 32.2. The van der Waals surface area contributed by atoms with E-state index in [-0.39, 0.29) is 23.9 Å². The van der Waals surface area contributed by atoms with E-state index < -0.39 is 10.0 Å². The normalized spacial score (nSPS) is 11.4. The lowest BCUT2D eigenvalue weighted by Gasteiger charge is -2.17. The van der Waals surface area contributed by atoms with Gasteiger partial charge in [0, 0.05) is 17.7 Å². The predicted octanol–water partition coefficient (Wildman–Crippen LogP) is 5.29. The average molecular weight is 553 g/mol. The molecule has 4 rings (SSSR count). The van der Waals surface area contributed by atoms with E-state index in [1.807, 2.05) is 32.0 Å². The van der Waals surface area contributed by atoms with Crippen LogP contribution in [0.4, 0.5) is 5.82 Å². The molecule has 10 nitrogen and oxygen atoms in total. The van der Waals surface area contributed by atoms with Crippen LogP contribution in [0.2, 0.25) is 0 Å². The Morgan fingerprint density at radius 3 is 2.44 bits per heavy atom. The Hall–Kier alpha value is -3.96. The Balaban J connectivity index is 1.69. The molecule has 0 radical (unpaired) electrons. The molecule has 0 amide bonds. The Morgan fingerprint density at radius 1 is 0.974 bits per heavy atom. The second-order valence-electron chi connectivity index (χ2n) is 8.93. The van der Waals surface area contributed by atoms with Gasteiger partial charge in [-0.25, -0.2) is 13.4 Å². The average Bonchev–Trinajstić information content (AvgIpc) is 3.22. The van der Waals surface area contributed by atoms with Crippen molar-refractivity contribution in [3.05, 3.63) is 76.4 Å². The van der Waals surface area contributed by atoms with Crippen molar-refractivity contribution in [3.63, 3.8) is 0 Å². The number of hydrogen-bond acceptors (Lipinski definition) is 9. The molecular weight excluding hydrogens is 520 g/mol. The number of aryl methyl sites for hydroxylation is 3. The number of hydrogen-bond donors (Lipinski definition) is 1. The maximum absolute atomic E-state index is 13.5. The SMILES string of the molecule is CCOCc1cc(COc2nc(C)nc(C)c2OC)ccc1-c1ccccc1S(=O)(=O)Nc1noc(C)c1C. The van der Waals surface area contributed by atoms with Crippen molar-refractivity contribution >= 4 is 15.8 Å². The number of ether oxygens (including phenoxy) is 3. The smallest absolute Gasteiger partial charge is 0.263 e. The maximum Gasteiger partial charge on any atom is 0.263 e. The van der Waals surface area contributed by atoms with Crippen LogP contribution < -0.4 is 14.2 Å². The Kier molecular flexibility index (Phi) is 8.51. The fraction of sp³-hybridized carbons (Fsp3) is 0.321. The zero-order valence-electron chi connectivity index (χ0n) is 22.9. The molecule has 0 aliphatic carbocycles. The molecule has 39 heavy (non-hydrogen) atoms. The molecule has 206 valence electrons. The molecular formula is C28H32N4O6S. The van der Waals surface area contributed by atoms with Crippen molar-refractivity contribution in [1.29, 1.82) is 0 Å². The number of sulfonamides is 1. The van der Waals surface area contributed by atoms with Crippen molar-refractivity contribution in [2.45, 2.75) is 52.7 Å². The van der Waals surface area contributed by atoms with Gasteiger partial charge in [-0.2, -0.15) is 4.98 Å². The van der Waals surface area contributed by atoms with Crippen molar-refractivity contribution in [3.8, 4) is 22.8 Å². The molecule has 0 unspecified atom stereocenters. The summed E-state index contributed by atoms with van der Waals surface area (Å²) in [7, 11) is -2.43. The Morgan fingerprint density at radius 2 is 1.74 bits per heavy atom. The lowest BCUT2D eigenvalue weighted by atomic mass is 9.98. The van der Waals surface area contributed by atoms with E-state index in [9.17, 15) is 8.42 Å². The van der Waals surface area contributed by atoms with Gasteiger partial charge < -0.3 is 18.7 Å². The number of aromatic nitrogens is 3. The molecule has 4 aromatic rings. The van der Waals surface area contributed by atoms with Gasteiger partial charge in [-0.15, -0.1) is 0 Å². The van der Waals surface area contributed by atoms with Gasteiger partial charge in [0.05, 0.1) is 24.3 Å². The summed E-state index contributed by atoms with van der Waals surface area (Å²) in [5.41, 5.74) is 4.26. The number of rotatable bonds is 11. The summed E-state index contributed by atoms with van der Waals surface area (Å²) < 4.78 is 51.8. The molecule has 0 atom stereocenters. The van der Waals surface area contributed by atoms with E-state index in [4.69, 9.17) is 18.7 Å². The van der Waals surface area contributed by atoms with Crippen molar-refractivity contribution in [2.24, 2.45) is 0 Å². The summed E-state index contributed by atoms with van der Waals surface area (Å²) in [5.74, 6) is 2.13. The quantitative estimate of drug-likeness (QED) is 0.264. The molecule has 0 spiro atoms. The standard InChI is InChI=1S/C28H32N4O6S/c1-7-36-16-22-14-21(15-37-28-26(35-6)18(3)29-20(5)30-28)12-13-23(22)24-10-8-9-11-25(24)39(33,34)32-27-17(2)19(4)38-31-27/h8-14H,7,15-16H2,1-6H3,(H,31,32). The van der Waals surface area contributed by atoms with Crippen LogP contribution in [0.3, 0.4) is 0 Å². The first-order chi connectivity index (χ1) is 18.6. The molecule has 0 aliphatic heterocycles. The highest BCUT2D eigenvalue weighted by Gasteiger charge is 2.23. The minimum atomic E-state index is -3.98. The highest BCUT2D eigenvalue weighted by molar-refractivity contribution is 7.92. The van der Waals surface area contributed by atoms with Gasteiger partial charge >= 0.3 is 0 Å². The molecule has 2 heterocycles. The summed E-state index contributed by atoms with van der Waals surface area (Å²) in [5, 5.41) is 3.85. The summed E-state index contributed by atoms with van der Waals surface area (Å²) in [4.78, 5) is 8.80. The van der Waals surface area contributed by atoms with E-state index in [0.717, 1.165) is 16.7 Å². The number of nitrogens with one attached hydrogen (secondary N) is 1. The van der Waals surface area contributed by atoms with Gasteiger partial charge in [0.15, 0.2) is 5.82 Å². The number of anilines is 1. The van der Waals surface area contributed by atoms with Gasteiger partial charge in [0.2, 0.25) is 5.75 Å². The predicted molar refractivity (Wildman–Crippen MR) is 146 cm³/mol. The lowest BCUT2D eigenvalue weighted by Crippen LogP contribution is -2.15. The monoisotopic (exact) mass is 552 g/mol. The Bertz CT molecular complexity index is 1580. The van der Waals surface area contributed by atoms with Crippen LogP contribution in [0.5, 0.6) is 11.6 Å². The molecule has 2 aromatic heterocycles.